The van der Waals surface area contributed by atoms with Crippen molar-refractivity contribution >= 4 is 16.9 Å². The van der Waals surface area contributed by atoms with Crippen LogP contribution in [0.25, 0.3) is 11.0 Å². The quantitative estimate of drug-likeness (QED) is 0.825. The van der Waals surface area contributed by atoms with Gasteiger partial charge in [0, 0.05) is 13.2 Å². The van der Waals surface area contributed by atoms with Crippen molar-refractivity contribution in [3.8, 4) is 0 Å². The fraction of sp³-hybridized carbons (Fsp3) is 0.556. The molecule has 1 aromatic carbocycles. The van der Waals surface area contributed by atoms with Crippen molar-refractivity contribution in [2.75, 3.05) is 40.5 Å². The van der Waals surface area contributed by atoms with Gasteiger partial charge in [0.25, 0.3) is 5.91 Å². The number of amides is 1. The first-order valence-corrected chi connectivity index (χ1v) is 8.65. The smallest absolute Gasteiger partial charge is 0.253 e. The molecule has 0 saturated carbocycles. The molecule has 7 heteroatoms. The van der Waals surface area contributed by atoms with Crippen LogP contribution in [0.3, 0.4) is 0 Å². The van der Waals surface area contributed by atoms with Crippen LogP contribution in [0.5, 0.6) is 0 Å². The molecule has 2 heterocycles. The van der Waals surface area contributed by atoms with Crippen molar-refractivity contribution in [3.05, 3.63) is 29.6 Å². The van der Waals surface area contributed by atoms with E-state index >= 15 is 0 Å². The van der Waals surface area contributed by atoms with Crippen molar-refractivity contribution in [2.24, 2.45) is 0 Å². The minimum Gasteiger partial charge on any atom is -0.379 e. The average molecular weight is 346 g/mol. The topological polar surface area (TPSA) is 79.5 Å². The highest BCUT2D eigenvalue weighted by Crippen LogP contribution is 2.18. The highest BCUT2D eigenvalue weighted by Gasteiger charge is 2.28. The van der Waals surface area contributed by atoms with Crippen LogP contribution < -0.4 is 5.32 Å². The summed E-state index contributed by atoms with van der Waals surface area (Å²) in [4.78, 5) is 22.4. The average Bonchev–Trinajstić information content (AvgIpc) is 2.96. The maximum Gasteiger partial charge on any atom is 0.253 e. The Balaban J connectivity index is 1.69. The minimum absolute atomic E-state index is 0.0298. The van der Waals surface area contributed by atoms with E-state index in [2.05, 4.69) is 20.2 Å². The number of likely N-dealkylation sites (N-methyl/N-ethyl adjacent to an activating group) is 1. The number of carbonyl (C=O) groups excluding carboxylic acids is 1. The van der Waals surface area contributed by atoms with Gasteiger partial charge in [-0.1, -0.05) is 6.07 Å². The zero-order valence-electron chi connectivity index (χ0n) is 15.0. The molecule has 1 aliphatic heterocycles. The van der Waals surface area contributed by atoms with Gasteiger partial charge in [-0.15, -0.1) is 0 Å². The lowest BCUT2D eigenvalue weighted by molar-refractivity contribution is -0.0561. The van der Waals surface area contributed by atoms with Gasteiger partial charge in [-0.2, -0.15) is 0 Å². The van der Waals surface area contributed by atoms with Gasteiger partial charge in [-0.05, 0) is 39.6 Å². The second kappa shape index (κ2) is 7.95. The van der Waals surface area contributed by atoms with Crippen LogP contribution in [-0.2, 0) is 9.47 Å². The number of ether oxygens (including phenoxy) is 2. The molecule has 0 aliphatic carbocycles. The zero-order chi connectivity index (χ0) is 17.8. The minimum atomic E-state index is -0.154. The van der Waals surface area contributed by atoms with Gasteiger partial charge in [0.15, 0.2) is 0 Å². The number of para-hydroxylation sites is 1. The number of nitrogens with one attached hydrogen (secondary N) is 2. The SMILES string of the molecule is Cc1nc2c(C(=O)N[C@@H]3COCC[C@@H]3OCCN(C)C)cccc2[nH]1. The summed E-state index contributed by atoms with van der Waals surface area (Å²) >= 11 is 0. The molecule has 2 atom stereocenters. The second-order valence-electron chi connectivity index (χ2n) is 6.68. The molecule has 1 aromatic heterocycles. The van der Waals surface area contributed by atoms with Crippen molar-refractivity contribution in [3.63, 3.8) is 0 Å². The molecule has 136 valence electrons. The summed E-state index contributed by atoms with van der Waals surface area (Å²) in [6, 6.07) is 5.42. The Hall–Kier alpha value is -1.96. The standard InChI is InChI=1S/C18H26N4O3/c1-12-19-14-6-4-5-13(17(14)20-12)18(23)21-15-11-24-9-7-16(15)25-10-8-22(2)3/h4-6,15-16H,7-11H2,1-3H3,(H,19,20)(H,21,23)/t15-,16+/m1/s1. The summed E-state index contributed by atoms with van der Waals surface area (Å²) < 4.78 is 11.5. The first-order valence-electron chi connectivity index (χ1n) is 8.65. The van der Waals surface area contributed by atoms with Gasteiger partial charge >= 0.3 is 0 Å². The number of aryl methyl sites for hydroxylation is 1. The summed E-state index contributed by atoms with van der Waals surface area (Å²) in [6.45, 7) is 4.49. The van der Waals surface area contributed by atoms with Crippen LogP contribution in [0.1, 0.15) is 22.6 Å². The molecule has 25 heavy (non-hydrogen) atoms. The Labute approximate surface area is 147 Å². The number of H-pyrrole nitrogens is 1. The fourth-order valence-electron chi connectivity index (χ4n) is 3.02. The summed E-state index contributed by atoms with van der Waals surface area (Å²) in [5.41, 5.74) is 2.13. The summed E-state index contributed by atoms with van der Waals surface area (Å²) in [6.07, 6.45) is 0.752. The lowest BCUT2D eigenvalue weighted by Crippen LogP contribution is -2.51. The van der Waals surface area contributed by atoms with Crippen LogP contribution in [0.15, 0.2) is 18.2 Å². The first kappa shape index (κ1) is 17.8. The predicted molar refractivity (Wildman–Crippen MR) is 95.8 cm³/mol. The van der Waals surface area contributed by atoms with E-state index in [1.807, 2.05) is 33.2 Å². The third-order valence-electron chi connectivity index (χ3n) is 4.36. The van der Waals surface area contributed by atoms with Gasteiger partial charge in [0.05, 0.1) is 36.4 Å². The van der Waals surface area contributed by atoms with Gasteiger partial charge in [-0.3, -0.25) is 4.79 Å². The molecule has 0 spiro atoms. The normalized spacial score (nSPS) is 21.0. The molecule has 0 bridgehead atoms. The number of aromatic nitrogens is 2. The number of carbonyl (C=O) groups is 1. The Morgan fingerprint density at radius 2 is 2.32 bits per heavy atom. The molecule has 3 rings (SSSR count). The maximum atomic E-state index is 12.8. The number of benzene rings is 1. The maximum absolute atomic E-state index is 12.8. The molecule has 1 amide bonds. The van der Waals surface area contributed by atoms with Crippen LogP contribution in [-0.4, -0.2) is 73.4 Å². The molecule has 2 aromatic rings. The van der Waals surface area contributed by atoms with E-state index in [-0.39, 0.29) is 18.1 Å². The van der Waals surface area contributed by atoms with Gasteiger partial charge < -0.3 is 24.7 Å². The van der Waals surface area contributed by atoms with E-state index in [4.69, 9.17) is 9.47 Å². The van der Waals surface area contributed by atoms with Crippen molar-refractivity contribution in [2.45, 2.75) is 25.5 Å². The Morgan fingerprint density at radius 3 is 3.12 bits per heavy atom. The van der Waals surface area contributed by atoms with Gasteiger partial charge in [0.2, 0.25) is 0 Å². The molecule has 0 unspecified atom stereocenters. The molecule has 1 saturated heterocycles. The monoisotopic (exact) mass is 346 g/mol. The Kier molecular flexibility index (Phi) is 5.67. The first-order chi connectivity index (χ1) is 12.0. The molecule has 1 aliphatic rings. The third-order valence-corrected chi connectivity index (χ3v) is 4.36. The number of imidazole rings is 1. The summed E-state index contributed by atoms with van der Waals surface area (Å²) in [5.74, 6) is 0.648. The van der Waals surface area contributed by atoms with Gasteiger partial charge in [0.1, 0.15) is 11.3 Å². The predicted octanol–water partition coefficient (Wildman–Crippen LogP) is 1.34. The third kappa shape index (κ3) is 4.36. The molecule has 2 N–H and O–H groups in total. The van der Waals surface area contributed by atoms with Crippen LogP contribution in [0, 0.1) is 6.92 Å². The van der Waals surface area contributed by atoms with Gasteiger partial charge in [-0.25, -0.2) is 4.98 Å². The van der Waals surface area contributed by atoms with Crippen LogP contribution in [0.4, 0.5) is 0 Å². The van der Waals surface area contributed by atoms with Crippen molar-refractivity contribution in [1.29, 1.82) is 0 Å². The van der Waals surface area contributed by atoms with E-state index < -0.39 is 0 Å². The Bertz CT molecular complexity index is 728. The Morgan fingerprint density at radius 1 is 1.48 bits per heavy atom. The number of fused-ring (bicyclic) bond motifs is 1. The lowest BCUT2D eigenvalue weighted by atomic mass is 10.1. The number of hydrogen-bond acceptors (Lipinski definition) is 5. The number of nitrogens with zero attached hydrogens (tertiary/aromatic N) is 2. The highest BCUT2D eigenvalue weighted by atomic mass is 16.5. The molecule has 1 fully saturated rings. The number of aromatic amines is 1. The zero-order valence-corrected chi connectivity index (χ0v) is 15.0. The van der Waals surface area contributed by atoms with E-state index in [0.29, 0.717) is 30.9 Å². The lowest BCUT2D eigenvalue weighted by Gasteiger charge is -2.32. The largest absolute Gasteiger partial charge is 0.379 e. The van der Waals surface area contributed by atoms with E-state index in [1.54, 1.807) is 6.07 Å². The molecule has 0 radical (unpaired) electrons. The van der Waals surface area contributed by atoms with Crippen molar-refractivity contribution < 1.29 is 14.3 Å². The fourth-order valence-corrected chi connectivity index (χ4v) is 3.02. The second-order valence-corrected chi connectivity index (χ2v) is 6.68. The molecule has 7 nitrogen and oxygen atoms in total. The van der Waals surface area contributed by atoms with Crippen molar-refractivity contribution in [1.82, 2.24) is 20.2 Å². The molecular formula is C18H26N4O3. The summed E-state index contributed by atoms with van der Waals surface area (Å²) in [7, 11) is 4.03. The number of hydrogen-bond donors (Lipinski definition) is 2. The highest BCUT2D eigenvalue weighted by molar-refractivity contribution is 6.05. The van der Waals surface area contributed by atoms with E-state index in [1.165, 1.54) is 0 Å². The number of rotatable bonds is 6. The van der Waals surface area contributed by atoms with Crippen LogP contribution in [0.2, 0.25) is 0 Å². The molecular weight excluding hydrogens is 320 g/mol. The van der Waals surface area contributed by atoms with E-state index in [9.17, 15) is 4.79 Å². The summed E-state index contributed by atoms with van der Waals surface area (Å²) in [5, 5.41) is 3.07. The van der Waals surface area contributed by atoms with E-state index in [0.717, 1.165) is 24.3 Å². The van der Waals surface area contributed by atoms with Crippen LogP contribution >= 0.6 is 0 Å².